The van der Waals surface area contributed by atoms with Gasteiger partial charge in [-0.3, -0.25) is 4.79 Å². The van der Waals surface area contributed by atoms with Gasteiger partial charge in [0.05, 0.1) is 6.10 Å². The summed E-state index contributed by atoms with van der Waals surface area (Å²) in [5.41, 5.74) is 1.91. The van der Waals surface area contributed by atoms with Gasteiger partial charge in [0.1, 0.15) is 5.78 Å². The third-order valence-electron chi connectivity index (χ3n) is 1.91. The Balaban J connectivity index is 2.76. The minimum absolute atomic E-state index is 0.00834. The van der Waals surface area contributed by atoms with Crippen molar-refractivity contribution in [1.29, 1.82) is 0 Å². The van der Waals surface area contributed by atoms with E-state index in [9.17, 15) is 9.90 Å². The van der Waals surface area contributed by atoms with E-state index in [1.165, 1.54) is 6.92 Å². The van der Waals surface area contributed by atoms with E-state index in [1.807, 2.05) is 31.2 Å². The molecule has 0 aliphatic carbocycles. The average molecular weight is 178 g/mol. The lowest BCUT2D eigenvalue weighted by molar-refractivity contribution is -0.118. The monoisotopic (exact) mass is 178 g/mol. The number of aliphatic hydroxyl groups excluding tert-OH is 1. The summed E-state index contributed by atoms with van der Waals surface area (Å²) < 4.78 is 0. The number of aryl methyl sites for hydroxylation is 1. The summed E-state index contributed by atoms with van der Waals surface area (Å²) >= 11 is 0. The second-order valence-corrected chi connectivity index (χ2v) is 3.34. The first-order valence-corrected chi connectivity index (χ1v) is 4.33. The van der Waals surface area contributed by atoms with Gasteiger partial charge in [-0.25, -0.2) is 0 Å². The third-order valence-corrected chi connectivity index (χ3v) is 1.91. The summed E-state index contributed by atoms with van der Waals surface area (Å²) in [5, 5.41) is 9.59. The zero-order chi connectivity index (χ0) is 9.84. The van der Waals surface area contributed by atoms with Crippen LogP contribution in [0.2, 0.25) is 0 Å². The number of carbonyl (C=O) groups is 1. The number of Topliss-reactive ketones (excluding diaryl/α,β-unsaturated/α-hetero) is 1. The van der Waals surface area contributed by atoms with Gasteiger partial charge in [0.25, 0.3) is 0 Å². The Bertz CT molecular complexity index is 305. The predicted molar refractivity (Wildman–Crippen MR) is 51.4 cm³/mol. The van der Waals surface area contributed by atoms with Gasteiger partial charge in [0.15, 0.2) is 0 Å². The smallest absolute Gasteiger partial charge is 0.132 e. The Morgan fingerprint density at radius 3 is 2.77 bits per heavy atom. The predicted octanol–water partition coefficient (Wildman–Crippen LogP) is 2.01. The van der Waals surface area contributed by atoms with Crippen molar-refractivity contribution in [3.8, 4) is 0 Å². The van der Waals surface area contributed by atoms with Gasteiger partial charge in [0.2, 0.25) is 0 Å². The first kappa shape index (κ1) is 9.93. The number of aliphatic hydroxyl groups is 1. The largest absolute Gasteiger partial charge is 0.388 e. The number of benzene rings is 1. The molecule has 2 heteroatoms. The molecular weight excluding hydrogens is 164 g/mol. The molecule has 1 unspecified atom stereocenters. The molecule has 0 heterocycles. The van der Waals surface area contributed by atoms with Crippen LogP contribution in [0.15, 0.2) is 24.3 Å². The van der Waals surface area contributed by atoms with Crippen molar-refractivity contribution in [2.75, 3.05) is 0 Å². The second kappa shape index (κ2) is 4.19. The van der Waals surface area contributed by atoms with Crippen LogP contribution in [0.4, 0.5) is 0 Å². The Hall–Kier alpha value is -1.15. The maximum Gasteiger partial charge on any atom is 0.132 e. The van der Waals surface area contributed by atoms with Gasteiger partial charge in [-0.1, -0.05) is 29.8 Å². The number of carbonyl (C=O) groups excluding carboxylic acids is 1. The molecule has 70 valence electrons. The van der Waals surface area contributed by atoms with Gasteiger partial charge in [0, 0.05) is 6.42 Å². The number of rotatable bonds is 3. The summed E-state index contributed by atoms with van der Waals surface area (Å²) in [5.74, 6) is 0.00834. The lowest BCUT2D eigenvalue weighted by Crippen LogP contribution is -2.03. The SMILES string of the molecule is CC(=O)CC(O)c1cccc(C)c1. The van der Waals surface area contributed by atoms with Crippen molar-refractivity contribution in [2.45, 2.75) is 26.4 Å². The van der Waals surface area contributed by atoms with E-state index in [-0.39, 0.29) is 12.2 Å². The third kappa shape index (κ3) is 2.99. The van der Waals surface area contributed by atoms with E-state index >= 15 is 0 Å². The molecule has 0 radical (unpaired) electrons. The zero-order valence-electron chi connectivity index (χ0n) is 7.95. The van der Waals surface area contributed by atoms with Gasteiger partial charge in [-0.05, 0) is 19.4 Å². The summed E-state index contributed by atoms with van der Waals surface area (Å²) in [4.78, 5) is 10.8. The van der Waals surface area contributed by atoms with E-state index < -0.39 is 6.10 Å². The fourth-order valence-electron chi connectivity index (χ4n) is 1.27. The van der Waals surface area contributed by atoms with Crippen molar-refractivity contribution in [2.24, 2.45) is 0 Å². The van der Waals surface area contributed by atoms with Gasteiger partial charge < -0.3 is 5.11 Å². The molecule has 0 spiro atoms. The number of ketones is 1. The van der Waals surface area contributed by atoms with Gasteiger partial charge in [-0.15, -0.1) is 0 Å². The number of hydrogen-bond acceptors (Lipinski definition) is 2. The van der Waals surface area contributed by atoms with E-state index in [2.05, 4.69) is 0 Å². The lowest BCUT2D eigenvalue weighted by Gasteiger charge is -2.08. The maximum absolute atomic E-state index is 10.8. The second-order valence-electron chi connectivity index (χ2n) is 3.34. The molecule has 1 aromatic carbocycles. The molecule has 0 amide bonds. The van der Waals surface area contributed by atoms with Crippen LogP contribution in [0, 0.1) is 6.92 Å². The molecule has 1 atom stereocenters. The quantitative estimate of drug-likeness (QED) is 0.768. The fraction of sp³-hybridized carbons (Fsp3) is 0.364. The van der Waals surface area contributed by atoms with Crippen LogP contribution in [0.1, 0.15) is 30.6 Å². The average Bonchev–Trinajstić information content (AvgIpc) is 2.03. The first-order valence-electron chi connectivity index (χ1n) is 4.33. The van der Waals surface area contributed by atoms with Gasteiger partial charge in [-0.2, -0.15) is 0 Å². The molecule has 0 aliphatic heterocycles. The van der Waals surface area contributed by atoms with Crippen LogP contribution in [0.3, 0.4) is 0 Å². The molecule has 1 aromatic rings. The highest BCUT2D eigenvalue weighted by Crippen LogP contribution is 2.17. The van der Waals surface area contributed by atoms with Crippen molar-refractivity contribution >= 4 is 5.78 Å². The van der Waals surface area contributed by atoms with Crippen LogP contribution in [0.25, 0.3) is 0 Å². The molecule has 1 rings (SSSR count). The highest BCUT2D eigenvalue weighted by molar-refractivity contribution is 5.76. The topological polar surface area (TPSA) is 37.3 Å². The van der Waals surface area contributed by atoms with Crippen LogP contribution in [0.5, 0.6) is 0 Å². The molecule has 0 saturated heterocycles. The van der Waals surface area contributed by atoms with Crippen molar-refractivity contribution < 1.29 is 9.90 Å². The highest BCUT2D eigenvalue weighted by Gasteiger charge is 2.09. The molecule has 13 heavy (non-hydrogen) atoms. The molecular formula is C11H14O2. The van der Waals surface area contributed by atoms with E-state index in [1.54, 1.807) is 0 Å². The van der Waals surface area contributed by atoms with Crippen LogP contribution < -0.4 is 0 Å². The highest BCUT2D eigenvalue weighted by atomic mass is 16.3. The first-order chi connectivity index (χ1) is 6.09. The normalized spacial score (nSPS) is 12.5. The molecule has 0 bridgehead atoms. The molecule has 0 aliphatic rings. The van der Waals surface area contributed by atoms with E-state index in [0.29, 0.717) is 0 Å². The van der Waals surface area contributed by atoms with Crippen LogP contribution >= 0.6 is 0 Å². The molecule has 0 fully saturated rings. The summed E-state index contributed by atoms with van der Waals surface area (Å²) in [6.45, 7) is 3.45. The van der Waals surface area contributed by atoms with Crippen molar-refractivity contribution in [3.05, 3.63) is 35.4 Å². The fourth-order valence-corrected chi connectivity index (χ4v) is 1.27. The minimum atomic E-state index is -0.655. The van der Waals surface area contributed by atoms with Crippen molar-refractivity contribution in [3.63, 3.8) is 0 Å². The number of hydrogen-bond donors (Lipinski definition) is 1. The molecule has 2 nitrogen and oxygen atoms in total. The lowest BCUT2D eigenvalue weighted by atomic mass is 10.0. The Kier molecular flexibility index (Phi) is 3.20. The maximum atomic E-state index is 10.8. The molecule has 0 saturated carbocycles. The van der Waals surface area contributed by atoms with Crippen LogP contribution in [-0.4, -0.2) is 10.9 Å². The van der Waals surface area contributed by atoms with Gasteiger partial charge >= 0.3 is 0 Å². The minimum Gasteiger partial charge on any atom is -0.388 e. The van der Waals surface area contributed by atoms with E-state index in [4.69, 9.17) is 0 Å². The standard InChI is InChI=1S/C11H14O2/c1-8-4-3-5-10(6-8)11(13)7-9(2)12/h3-6,11,13H,7H2,1-2H3. The van der Waals surface area contributed by atoms with Crippen molar-refractivity contribution in [1.82, 2.24) is 0 Å². The van der Waals surface area contributed by atoms with E-state index in [0.717, 1.165) is 11.1 Å². The Morgan fingerprint density at radius 2 is 2.23 bits per heavy atom. The molecule has 1 N–H and O–H groups in total. The molecule has 0 aromatic heterocycles. The Labute approximate surface area is 78.2 Å². The Morgan fingerprint density at radius 1 is 1.54 bits per heavy atom. The summed E-state index contributed by atoms with van der Waals surface area (Å²) in [7, 11) is 0. The summed E-state index contributed by atoms with van der Waals surface area (Å²) in [6.07, 6.45) is -0.457. The zero-order valence-corrected chi connectivity index (χ0v) is 7.95. The van der Waals surface area contributed by atoms with Crippen LogP contribution in [-0.2, 0) is 4.79 Å². The summed E-state index contributed by atoms with van der Waals surface area (Å²) in [6, 6.07) is 7.58.